The molecule has 2 saturated carbocycles. The molecule has 114 valence electrons. The monoisotopic (exact) mass is 284 g/mol. The highest BCUT2D eigenvalue weighted by molar-refractivity contribution is 5.41. The third-order valence-electron chi connectivity index (χ3n) is 7.40. The molecule has 0 aromatic carbocycles. The maximum Gasteiger partial charge on any atom is 0.0647 e. The van der Waals surface area contributed by atoms with Gasteiger partial charge in [0.2, 0.25) is 0 Å². The average molecular weight is 284 g/mol. The van der Waals surface area contributed by atoms with Crippen molar-refractivity contribution in [2.24, 2.45) is 22.7 Å². The van der Waals surface area contributed by atoms with Crippen LogP contribution in [0.1, 0.15) is 58.8 Å². The van der Waals surface area contributed by atoms with Crippen molar-refractivity contribution in [3.05, 3.63) is 34.9 Å². The van der Waals surface area contributed by atoms with Gasteiger partial charge in [0, 0.05) is 0 Å². The highest BCUT2D eigenvalue weighted by atomic mass is 16.3. The highest BCUT2D eigenvalue weighted by Crippen LogP contribution is 2.63. The van der Waals surface area contributed by atoms with Crippen LogP contribution in [0.5, 0.6) is 0 Å². The first kappa shape index (κ1) is 13.8. The summed E-state index contributed by atoms with van der Waals surface area (Å²) in [5.74, 6) is 1.41. The van der Waals surface area contributed by atoms with Gasteiger partial charge in [-0.15, -0.1) is 0 Å². The molecule has 0 heterocycles. The molecule has 4 rings (SSSR count). The van der Waals surface area contributed by atoms with Crippen LogP contribution in [-0.4, -0.2) is 11.7 Å². The van der Waals surface area contributed by atoms with E-state index in [-0.39, 0.29) is 12.0 Å². The summed E-state index contributed by atoms with van der Waals surface area (Å²) in [6.45, 7) is 5.18. The Morgan fingerprint density at radius 2 is 1.95 bits per heavy atom. The van der Waals surface area contributed by atoms with Gasteiger partial charge in [0.05, 0.1) is 6.61 Å². The Bertz CT molecular complexity index is 552. The van der Waals surface area contributed by atoms with Gasteiger partial charge < -0.3 is 5.11 Å². The Morgan fingerprint density at radius 3 is 2.76 bits per heavy atom. The quantitative estimate of drug-likeness (QED) is 0.686. The van der Waals surface area contributed by atoms with Crippen LogP contribution in [0.25, 0.3) is 0 Å². The number of rotatable bonds is 1. The second-order valence-electron chi connectivity index (χ2n) is 8.17. The molecule has 4 aliphatic carbocycles. The van der Waals surface area contributed by atoms with E-state index in [1.807, 2.05) is 0 Å². The summed E-state index contributed by atoms with van der Waals surface area (Å²) in [7, 11) is 0. The summed E-state index contributed by atoms with van der Waals surface area (Å²) in [4.78, 5) is 0. The van der Waals surface area contributed by atoms with E-state index in [9.17, 15) is 5.11 Å². The fraction of sp³-hybridized carbons (Fsp3) is 0.700. The van der Waals surface area contributed by atoms with E-state index in [4.69, 9.17) is 0 Å². The van der Waals surface area contributed by atoms with Crippen molar-refractivity contribution in [2.45, 2.75) is 58.8 Å². The maximum atomic E-state index is 9.70. The topological polar surface area (TPSA) is 20.2 Å². The number of allylic oxidation sites excluding steroid dienone is 5. The Balaban J connectivity index is 1.74. The minimum atomic E-state index is 0.230. The Labute approximate surface area is 128 Å². The summed E-state index contributed by atoms with van der Waals surface area (Å²) in [5.41, 5.74) is 5.39. The van der Waals surface area contributed by atoms with Gasteiger partial charge in [-0.25, -0.2) is 0 Å². The smallest absolute Gasteiger partial charge is 0.0647 e. The molecular formula is C20H28O. The molecule has 1 heteroatoms. The van der Waals surface area contributed by atoms with Crippen molar-refractivity contribution in [3.63, 3.8) is 0 Å². The third kappa shape index (κ3) is 1.73. The van der Waals surface area contributed by atoms with Crippen LogP contribution in [0.15, 0.2) is 34.9 Å². The van der Waals surface area contributed by atoms with Crippen molar-refractivity contribution in [3.8, 4) is 0 Å². The second kappa shape index (κ2) is 4.59. The molecule has 0 bridgehead atoms. The molecule has 21 heavy (non-hydrogen) atoms. The number of hydrogen-bond acceptors (Lipinski definition) is 1. The summed E-state index contributed by atoms with van der Waals surface area (Å²) in [6.07, 6.45) is 16.5. The zero-order valence-electron chi connectivity index (χ0n) is 13.5. The molecule has 0 spiro atoms. The first-order valence-electron chi connectivity index (χ1n) is 8.81. The van der Waals surface area contributed by atoms with Crippen molar-refractivity contribution < 1.29 is 5.11 Å². The lowest BCUT2D eigenvalue weighted by Gasteiger charge is -2.53. The van der Waals surface area contributed by atoms with E-state index >= 15 is 0 Å². The molecule has 4 atom stereocenters. The van der Waals surface area contributed by atoms with Crippen LogP contribution in [0.4, 0.5) is 0 Å². The van der Waals surface area contributed by atoms with Crippen molar-refractivity contribution >= 4 is 0 Å². The molecule has 0 saturated heterocycles. The highest BCUT2D eigenvalue weighted by Gasteiger charge is 2.53. The predicted octanol–water partition coefficient (Wildman–Crippen LogP) is 4.79. The van der Waals surface area contributed by atoms with Crippen LogP contribution in [0.2, 0.25) is 0 Å². The lowest BCUT2D eigenvalue weighted by molar-refractivity contribution is 0.105. The molecule has 4 aliphatic rings. The standard InChI is InChI=1S/C20H28O/c1-19-11-4-3-5-14(19)6-8-16-17-9-7-15(13-21)20(17,2)12-10-18(16)19/h6-8,17-18,21H,3-5,9-13H2,1-2H3/t17-,18-,19-,20+/m0/s1. The lowest BCUT2D eigenvalue weighted by atomic mass is 9.51. The Hall–Kier alpha value is -0.820. The van der Waals surface area contributed by atoms with Crippen LogP contribution >= 0.6 is 0 Å². The summed E-state index contributed by atoms with van der Waals surface area (Å²) in [6, 6.07) is 0. The minimum absolute atomic E-state index is 0.230. The SMILES string of the molecule is C[C@]12CCCCC1=CC=C1[C@@H]2CC[C@]2(C)C(CO)=CC[C@@H]12. The minimum Gasteiger partial charge on any atom is -0.392 e. The first-order valence-corrected chi connectivity index (χ1v) is 8.81. The molecule has 1 N–H and O–H groups in total. The van der Waals surface area contributed by atoms with Gasteiger partial charge in [0.15, 0.2) is 0 Å². The second-order valence-corrected chi connectivity index (χ2v) is 8.17. The average Bonchev–Trinajstić information content (AvgIpc) is 2.83. The van der Waals surface area contributed by atoms with Crippen molar-refractivity contribution in [2.75, 3.05) is 6.61 Å². The van der Waals surface area contributed by atoms with Gasteiger partial charge in [-0.1, -0.05) is 49.6 Å². The molecule has 0 aromatic heterocycles. The van der Waals surface area contributed by atoms with E-state index < -0.39 is 0 Å². The Morgan fingerprint density at radius 1 is 1.10 bits per heavy atom. The molecule has 0 amide bonds. The zero-order chi connectivity index (χ0) is 14.7. The zero-order valence-corrected chi connectivity index (χ0v) is 13.5. The molecule has 0 aromatic rings. The van der Waals surface area contributed by atoms with Gasteiger partial charge in [0.25, 0.3) is 0 Å². The van der Waals surface area contributed by atoms with Gasteiger partial charge in [-0.2, -0.15) is 0 Å². The molecule has 0 aliphatic heterocycles. The third-order valence-corrected chi connectivity index (χ3v) is 7.40. The number of aliphatic hydroxyl groups excluding tert-OH is 1. The van der Waals surface area contributed by atoms with E-state index in [0.717, 1.165) is 12.3 Å². The number of hydrogen-bond donors (Lipinski definition) is 1. The fourth-order valence-corrected chi connectivity index (χ4v) is 5.96. The van der Waals surface area contributed by atoms with Crippen LogP contribution in [0, 0.1) is 22.7 Å². The van der Waals surface area contributed by atoms with Gasteiger partial charge >= 0.3 is 0 Å². The van der Waals surface area contributed by atoms with E-state index in [1.54, 1.807) is 11.1 Å². The molecule has 1 nitrogen and oxygen atoms in total. The summed E-state index contributed by atoms with van der Waals surface area (Å²) < 4.78 is 0. The molecule has 0 unspecified atom stereocenters. The molecular weight excluding hydrogens is 256 g/mol. The van der Waals surface area contributed by atoms with Crippen LogP contribution < -0.4 is 0 Å². The van der Waals surface area contributed by atoms with Gasteiger partial charge in [0.1, 0.15) is 0 Å². The largest absolute Gasteiger partial charge is 0.392 e. The lowest BCUT2D eigenvalue weighted by Crippen LogP contribution is -2.44. The van der Waals surface area contributed by atoms with Gasteiger partial charge in [-0.05, 0) is 66.8 Å². The predicted molar refractivity (Wildman–Crippen MR) is 86.8 cm³/mol. The van der Waals surface area contributed by atoms with E-state index in [0.29, 0.717) is 11.3 Å². The van der Waals surface area contributed by atoms with E-state index in [2.05, 4.69) is 32.1 Å². The summed E-state index contributed by atoms with van der Waals surface area (Å²) in [5, 5.41) is 9.70. The fourth-order valence-electron chi connectivity index (χ4n) is 5.96. The molecule has 0 radical (unpaired) electrons. The van der Waals surface area contributed by atoms with Crippen molar-refractivity contribution in [1.82, 2.24) is 0 Å². The van der Waals surface area contributed by atoms with E-state index in [1.165, 1.54) is 44.1 Å². The van der Waals surface area contributed by atoms with Crippen LogP contribution in [0.3, 0.4) is 0 Å². The first-order chi connectivity index (χ1) is 10.1. The molecule has 2 fully saturated rings. The van der Waals surface area contributed by atoms with Crippen molar-refractivity contribution in [1.29, 1.82) is 0 Å². The number of fused-ring (bicyclic) bond motifs is 5. The Kier molecular flexibility index (Phi) is 3.02. The number of aliphatic hydroxyl groups is 1. The van der Waals surface area contributed by atoms with Gasteiger partial charge in [-0.3, -0.25) is 0 Å². The maximum absolute atomic E-state index is 9.70. The normalized spacial score (nSPS) is 45.0. The van der Waals surface area contributed by atoms with Crippen LogP contribution in [-0.2, 0) is 0 Å². The summed E-state index contributed by atoms with van der Waals surface area (Å²) >= 11 is 0.